The molecule has 4 heterocycles. The molecule has 3 saturated heterocycles. The Kier molecular flexibility index (Phi) is 9.58. The Bertz CT molecular complexity index is 1490. The van der Waals surface area contributed by atoms with Crippen molar-refractivity contribution in [3.63, 3.8) is 0 Å². The van der Waals surface area contributed by atoms with E-state index < -0.39 is 18.2 Å². The highest BCUT2D eigenvalue weighted by Gasteiger charge is 2.48. The molecule has 47 heavy (non-hydrogen) atoms. The number of amides is 1. The molecule has 2 atom stereocenters. The van der Waals surface area contributed by atoms with Gasteiger partial charge in [0, 0.05) is 57.3 Å². The number of piperazine rings is 2. The minimum Gasteiger partial charge on any atom is -0.481 e. The molecule has 3 aliphatic heterocycles. The highest BCUT2D eigenvalue weighted by molar-refractivity contribution is 5.83. The molecular formula is C34H40F3N5O5. The maximum atomic E-state index is 13.6. The fourth-order valence-corrected chi connectivity index (χ4v) is 7.01. The SMILES string of the molecule is COc1nc(OC)c(CN2CC(C(c3ccccc3)c3ccccc3)N3CCN(C(=O)C4(C)COC4)C[C@H]3C2)c(OCC(F)(F)F)n1. The van der Waals surface area contributed by atoms with E-state index in [-0.39, 0.29) is 48.2 Å². The average Bonchev–Trinajstić information content (AvgIpc) is 3.06. The molecule has 3 aliphatic rings. The number of carbonyl (C=O) groups excluding carboxylic acids is 1. The molecule has 2 aromatic carbocycles. The number of benzene rings is 2. The number of fused-ring (bicyclic) bond motifs is 1. The standard InChI is InChI=1S/C34H40F3N5O5/c1-33(20-46-21-33)31(43)41-14-15-42-25(17-41)16-40(18-26-29(44-2)38-32(45-3)39-30(26)47-22-34(35,36)37)19-27(42)28(23-10-6-4-7-11-23)24-12-8-5-9-13-24/h4-13,25,27-28H,14-22H2,1-3H3/t25-,27?/m1/s1. The van der Waals surface area contributed by atoms with E-state index in [4.69, 9.17) is 18.9 Å². The molecule has 3 fully saturated rings. The predicted molar refractivity (Wildman–Crippen MR) is 166 cm³/mol. The first-order valence-corrected chi connectivity index (χ1v) is 15.7. The third-order valence-corrected chi connectivity index (χ3v) is 9.26. The van der Waals surface area contributed by atoms with Gasteiger partial charge in [0.05, 0.1) is 38.4 Å². The van der Waals surface area contributed by atoms with Crippen molar-refractivity contribution in [3.8, 4) is 17.8 Å². The Labute approximate surface area is 272 Å². The molecule has 13 heteroatoms. The van der Waals surface area contributed by atoms with Crippen LogP contribution in [0.3, 0.4) is 0 Å². The van der Waals surface area contributed by atoms with Gasteiger partial charge in [0.15, 0.2) is 6.61 Å². The lowest BCUT2D eigenvalue weighted by Crippen LogP contribution is -2.68. The van der Waals surface area contributed by atoms with Crippen molar-refractivity contribution >= 4 is 5.91 Å². The van der Waals surface area contributed by atoms with Gasteiger partial charge in [0.1, 0.15) is 0 Å². The Balaban J connectivity index is 1.37. The second-order valence-electron chi connectivity index (χ2n) is 12.7. The molecule has 6 rings (SSSR count). The lowest BCUT2D eigenvalue weighted by atomic mass is 9.81. The summed E-state index contributed by atoms with van der Waals surface area (Å²) in [6, 6.07) is 20.4. The molecule has 3 aromatic rings. The summed E-state index contributed by atoms with van der Waals surface area (Å²) >= 11 is 0. The molecule has 0 N–H and O–H groups in total. The summed E-state index contributed by atoms with van der Waals surface area (Å²) in [6.07, 6.45) is -4.57. The maximum Gasteiger partial charge on any atom is 0.422 e. The van der Waals surface area contributed by atoms with Gasteiger partial charge in [0.25, 0.3) is 0 Å². The third kappa shape index (κ3) is 7.16. The summed E-state index contributed by atoms with van der Waals surface area (Å²) in [5, 5.41) is 0. The monoisotopic (exact) mass is 655 g/mol. The largest absolute Gasteiger partial charge is 0.481 e. The number of rotatable bonds is 10. The second-order valence-corrected chi connectivity index (χ2v) is 12.7. The molecule has 0 aliphatic carbocycles. The molecule has 0 saturated carbocycles. The first-order valence-electron chi connectivity index (χ1n) is 15.7. The van der Waals surface area contributed by atoms with E-state index in [0.717, 1.165) is 11.1 Å². The number of halogens is 3. The summed E-state index contributed by atoms with van der Waals surface area (Å²) < 4.78 is 61.1. The summed E-state index contributed by atoms with van der Waals surface area (Å²) in [7, 11) is 2.72. The number of aromatic nitrogens is 2. The van der Waals surface area contributed by atoms with Gasteiger partial charge in [-0.25, -0.2) is 0 Å². The zero-order valence-corrected chi connectivity index (χ0v) is 26.8. The molecule has 252 valence electrons. The van der Waals surface area contributed by atoms with E-state index in [2.05, 4.69) is 44.0 Å². The van der Waals surface area contributed by atoms with Gasteiger partial charge in [-0.1, -0.05) is 60.7 Å². The lowest BCUT2D eigenvalue weighted by Gasteiger charge is -2.54. The van der Waals surface area contributed by atoms with E-state index >= 15 is 0 Å². The first-order chi connectivity index (χ1) is 22.6. The van der Waals surface area contributed by atoms with Crippen LogP contribution in [0.5, 0.6) is 17.8 Å². The van der Waals surface area contributed by atoms with Crippen molar-refractivity contribution in [1.82, 2.24) is 24.7 Å². The van der Waals surface area contributed by atoms with E-state index in [1.807, 2.05) is 48.2 Å². The van der Waals surface area contributed by atoms with Gasteiger partial charge in [-0.05, 0) is 18.1 Å². The number of hydrogen-bond donors (Lipinski definition) is 0. The zero-order valence-electron chi connectivity index (χ0n) is 26.8. The summed E-state index contributed by atoms with van der Waals surface area (Å²) in [4.78, 5) is 28.7. The van der Waals surface area contributed by atoms with Crippen LogP contribution in [0, 0.1) is 5.41 Å². The van der Waals surface area contributed by atoms with Crippen LogP contribution in [-0.4, -0.2) is 116 Å². The highest BCUT2D eigenvalue weighted by Crippen LogP contribution is 2.39. The van der Waals surface area contributed by atoms with Crippen LogP contribution >= 0.6 is 0 Å². The Morgan fingerprint density at radius 3 is 2.13 bits per heavy atom. The molecule has 1 amide bonds. The van der Waals surface area contributed by atoms with Crippen molar-refractivity contribution in [1.29, 1.82) is 0 Å². The molecule has 10 nitrogen and oxygen atoms in total. The minimum atomic E-state index is -4.57. The van der Waals surface area contributed by atoms with Crippen LogP contribution in [0.25, 0.3) is 0 Å². The van der Waals surface area contributed by atoms with Gasteiger partial charge < -0.3 is 23.8 Å². The van der Waals surface area contributed by atoms with Gasteiger partial charge in [-0.2, -0.15) is 23.1 Å². The fourth-order valence-electron chi connectivity index (χ4n) is 7.01. The summed E-state index contributed by atoms with van der Waals surface area (Å²) in [5.74, 6) is -0.0923. The number of alkyl halides is 3. The Hall–Kier alpha value is -3.94. The first kappa shape index (κ1) is 33.0. The number of carbonyl (C=O) groups is 1. The topological polar surface area (TPSA) is 89.5 Å². The van der Waals surface area contributed by atoms with Crippen LogP contribution in [0.15, 0.2) is 60.7 Å². The highest BCUT2D eigenvalue weighted by atomic mass is 19.4. The second kappa shape index (κ2) is 13.7. The van der Waals surface area contributed by atoms with Gasteiger partial charge in [-0.15, -0.1) is 0 Å². The maximum absolute atomic E-state index is 13.6. The molecular weight excluding hydrogens is 615 g/mol. The minimum absolute atomic E-state index is 0.0162. The number of hydrogen-bond acceptors (Lipinski definition) is 9. The van der Waals surface area contributed by atoms with Gasteiger partial charge in [0.2, 0.25) is 17.7 Å². The zero-order chi connectivity index (χ0) is 33.2. The van der Waals surface area contributed by atoms with Crippen LogP contribution in [0.1, 0.15) is 29.5 Å². The lowest BCUT2D eigenvalue weighted by molar-refractivity contribution is -0.173. The molecule has 1 unspecified atom stereocenters. The van der Waals surface area contributed by atoms with Crippen molar-refractivity contribution < 1.29 is 36.9 Å². The number of methoxy groups -OCH3 is 2. The Morgan fingerprint density at radius 2 is 1.57 bits per heavy atom. The number of ether oxygens (including phenoxy) is 4. The van der Waals surface area contributed by atoms with E-state index in [1.165, 1.54) is 14.2 Å². The van der Waals surface area contributed by atoms with Crippen LogP contribution < -0.4 is 14.2 Å². The molecule has 1 aromatic heterocycles. The van der Waals surface area contributed by atoms with Crippen molar-refractivity contribution in [3.05, 3.63) is 77.4 Å². The average molecular weight is 656 g/mol. The summed E-state index contributed by atoms with van der Waals surface area (Å²) in [6.45, 7) is 4.36. The molecule has 0 bridgehead atoms. The molecule has 0 radical (unpaired) electrons. The summed E-state index contributed by atoms with van der Waals surface area (Å²) in [5.41, 5.74) is 2.08. The van der Waals surface area contributed by atoms with Crippen molar-refractivity contribution in [2.24, 2.45) is 5.41 Å². The number of nitrogens with zero attached hydrogens (tertiary/aromatic N) is 5. The molecule has 0 spiro atoms. The Morgan fingerprint density at radius 1 is 0.936 bits per heavy atom. The third-order valence-electron chi connectivity index (χ3n) is 9.26. The van der Waals surface area contributed by atoms with Crippen LogP contribution in [0.4, 0.5) is 13.2 Å². The van der Waals surface area contributed by atoms with Crippen LogP contribution in [0.2, 0.25) is 0 Å². The van der Waals surface area contributed by atoms with Crippen molar-refractivity contribution in [2.45, 2.75) is 37.6 Å². The van der Waals surface area contributed by atoms with Gasteiger partial charge >= 0.3 is 12.2 Å². The normalized spacial score (nSPS) is 21.6. The van der Waals surface area contributed by atoms with E-state index in [1.54, 1.807) is 0 Å². The van der Waals surface area contributed by atoms with E-state index in [0.29, 0.717) is 51.5 Å². The smallest absolute Gasteiger partial charge is 0.422 e. The van der Waals surface area contributed by atoms with E-state index in [9.17, 15) is 18.0 Å². The van der Waals surface area contributed by atoms with Crippen molar-refractivity contribution in [2.75, 3.05) is 66.8 Å². The predicted octanol–water partition coefficient (Wildman–Crippen LogP) is 4.00. The quantitative estimate of drug-likeness (QED) is 0.322. The van der Waals surface area contributed by atoms with Gasteiger partial charge in [-0.3, -0.25) is 14.6 Å². The fraction of sp³-hybridized carbons (Fsp3) is 0.500. The van der Waals surface area contributed by atoms with Crippen LogP contribution in [-0.2, 0) is 16.1 Å².